The minimum absolute atomic E-state index is 0.288. The highest BCUT2D eigenvalue weighted by atomic mass is 79.9. The molecule has 0 saturated carbocycles. The Morgan fingerprint density at radius 1 is 1.25 bits per heavy atom. The Bertz CT molecular complexity index is 709. The van der Waals surface area contributed by atoms with Gasteiger partial charge in [-0.1, -0.05) is 12.1 Å². The van der Waals surface area contributed by atoms with Gasteiger partial charge in [-0.25, -0.2) is 9.37 Å². The summed E-state index contributed by atoms with van der Waals surface area (Å²) in [5, 5.41) is 0. The maximum absolute atomic E-state index is 13.5. The Labute approximate surface area is 162 Å². The predicted molar refractivity (Wildman–Crippen MR) is 104 cm³/mol. The van der Waals surface area contributed by atoms with Crippen LogP contribution in [-0.4, -0.2) is 14.3 Å². The van der Waals surface area contributed by atoms with Gasteiger partial charge in [0.15, 0.2) is 0 Å². The van der Waals surface area contributed by atoms with Gasteiger partial charge in [-0.2, -0.15) is 0 Å². The number of hydrogen-bond donors (Lipinski definition) is 1. The van der Waals surface area contributed by atoms with E-state index in [-0.39, 0.29) is 11.9 Å². The Kier molecular flexibility index (Phi) is 6.84. The zero-order chi connectivity index (χ0) is 17.9. The predicted octanol–water partition coefficient (Wildman–Crippen LogP) is 5.08. The molecule has 1 heterocycles. The highest BCUT2D eigenvalue weighted by Crippen LogP contribution is 2.28. The van der Waals surface area contributed by atoms with E-state index in [0.29, 0.717) is 11.0 Å². The van der Waals surface area contributed by atoms with Crippen LogP contribution in [-0.2, 0) is 17.8 Å². The van der Waals surface area contributed by atoms with Crippen molar-refractivity contribution in [2.75, 3.05) is 0 Å². The van der Waals surface area contributed by atoms with Crippen LogP contribution in [0.2, 0.25) is 0 Å². The van der Waals surface area contributed by atoms with Crippen molar-refractivity contribution in [2.45, 2.75) is 38.0 Å². The van der Waals surface area contributed by atoms with Crippen LogP contribution in [0, 0.1) is 5.82 Å². The number of hydrogen-bond acceptors (Lipinski definition) is 3. The monoisotopic (exact) mass is 476 g/mol. The van der Waals surface area contributed by atoms with Crippen LogP contribution in [0.3, 0.4) is 0 Å². The van der Waals surface area contributed by atoms with Gasteiger partial charge in [0.1, 0.15) is 15.2 Å². The molecule has 0 spiro atoms. The van der Waals surface area contributed by atoms with Crippen molar-refractivity contribution in [1.29, 1.82) is 0 Å². The third kappa shape index (κ3) is 5.52. The van der Waals surface area contributed by atoms with Gasteiger partial charge >= 0.3 is 0 Å². The maximum atomic E-state index is 13.5. The quantitative estimate of drug-likeness (QED) is 0.482. The van der Waals surface area contributed by atoms with E-state index in [1.807, 2.05) is 39.0 Å². The molecule has 2 atom stereocenters. The summed E-state index contributed by atoms with van der Waals surface area (Å²) >= 11 is 5.59. The standard InChI is InChI=1S/C17H19Br2FN2OS/c1-17(2,3)24(23)22-14(10-11-5-4-6-12(20)9-11)16-13(18)7-8-15(19)21-16/h4-9,14,22H,10H2,1-3H3/t14-,24-/m0/s1. The summed E-state index contributed by atoms with van der Waals surface area (Å²) in [4.78, 5) is 4.51. The molecule has 1 aromatic heterocycles. The number of benzene rings is 1. The summed E-state index contributed by atoms with van der Waals surface area (Å²) in [7, 11) is 0. The molecule has 0 aliphatic rings. The molecule has 0 unspecified atom stereocenters. The minimum Gasteiger partial charge on any atom is -0.598 e. The van der Waals surface area contributed by atoms with Crippen molar-refractivity contribution in [3.8, 4) is 0 Å². The van der Waals surface area contributed by atoms with Gasteiger partial charge in [0, 0.05) is 15.8 Å². The van der Waals surface area contributed by atoms with Gasteiger partial charge < -0.3 is 4.55 Å². The number of aromatic nitrogens is 1. The molecule has 24 heavy (non-hydrogen) atoms. The van der Waals surface area contributed by atoms with E-state index in [9.17, 15) is 8.94 Å². The molecule has 0 aliphatic heterocycles. The number of nitrogens with one attached hydrogen (secondary N) is 1. The highest BCUT2D eigenvalue weighted by Gasteiger charge is 2.31. The summed E-state index contributed by atoms with van der Waals surface area (Å²) in [5.74, 6) is -0.288. The first-order chi connectivity index (χ1) is 11.2. The Hall–Kier alpha value is -0.470. The molecule has 130 valence electrons. The lowest BCUT2D eigenvalue weighted by Crippen LogP contribution is -2.42. The van der Waals surface area contributed by atoms with Gasteiger partial charge in [0.2, 0.25) is 0 Å². The Morgan fingerprint density at radius 3 is 2.58 bits per heavy atom. The normalized spacial score (nSPS) is 14.5. The Morgan fingerprint density at radius 2 is 1.96 bits per heavy atom. The molecule has 2 aromatic rings. The van der Waals surface area contributed by atoms with Crippen molar-refractivity contribution in [3.05, 3.63) is 62.5 Å². The first-order valence-electron chi connectivity index (χ1n) is 7.41. The third-order valence-electron chi connectivity index (χ3n) is 3.30. The SMILES string of the molecule is CC(C)(C)[S@+]([O-])N[C@@H](Cc1cccc(F)c1)c1nc(Br)ccc1Br. The smallest absolute Gasteiger partial charge is 0.136 e. The Balaban J connectivity index is 2.35. The highest BCUT2D eigenvalue weighted by molar-refractivity contribution is 9.11. The maximum Gasteiger partial charge on any atom is 0.136 e. The van der Waals surface area contributed by atoms with E-state index >= 15 is 0 Å². The average molecular weight is 478 g/mol. The van der Waals surface area contributed by atoms with Crippen LogP contribution in [0.4, 0.5) is 4.39 Å². The molecule has 7 heteroatoms. The number of rotatable bonds is 5. The minimum atomic E-state index is -1.28. The van der Waals surface area contributed by atoms with E-state index in [0.717, 1.165) is 15.7 Å². The molecule has 0 fully saturated rings. The van der Waals surface area contributed by atoms with Crippen molar-refractivity contribution >= 4 is 43.2 Å². The lowest BCUT2D eigenvalue weighted by molar-refractivity contribution is 0.517. The molecule has 0 aliphatic carbocycles. The first-order valence-corrected chi connectivity index (χ1v) is 10.1. The second kappa shape index (κ2) is 8.27. The van der Waals surface area contributed by atoms with Crippen molar-refractivity contribution in [3.63, 3.8) is 0 Å². The van der Waals surface area contributed by atoms with Crippen LogP contribution < -0.4 is 4.72 Å². The molecule has 0 saturated heterocycles. The summed E-state index contributed by atoms with van der Waals surface area (Å²) < 4.78 is 30.3. The van der Waals surface area contributed by atoms with Gasteiger partial charge in [-0.3, -0.25) is 0 Å². The van der Waals surface area contributed by atoms with Crippen molar-refractivity contribution < 1.29 is 8.94 Å². The molecular formula is C17H19Br2FN2OS. The van der Waals surface area contributed by atoms with Gasteiger partial charge in [0.25, 0.3) is 0 Å². The fourth-order valence-corrected chi connectivity index (χ4v) is 3.70. The molecule has 0 amide bonds. The number of halogens is 3. The lowest BCUT2D eigenvalue weighted by atomic mass is 10.0. The summed E-state index contributed by atoms with van der Waals surface area (Å²) in [5.41, 5.74) is 1.54. The second-order valence-electron chi connectivity index (χ2n) is 6.39. The van der Waals surface area contributed by atoms with Crippen LogP contribution in [0.15, 0.2) is 45.5 Å². The van der Waals surface area contributed by atoms with Crippen LogP contribution in [0.5, 0.6) is 0 Å². The van der Waals surface area contributed by atoms with E-state index in [1.54, 1.807) is 6.07 Å². The molecule has 1 aromatic carbocycles. The zero-order valence-electron chi connectivity index (χ0n) is 13.6. The van der Waals surface area contributed by atoms with Crippen LogP contribution >= 0.6 is 31.9 Å². The van der Waals surface area contributed by atoms with Gasteiger partial charge in [-0.15, -0.1) is 4.72 Å². The fraction of sp³-hybridized carbons (Fsp3) is 0.353. The number of pyridine rings is 1. The van der Waals surface area contributed by atoms with E-state index in [1.165, 1.54) is 12.1 Å². The van der Waals surface area contributed by atoms with Crippen LogP contribution in [0.25, 0.3) is 0 Å². The van der Waals surface area contributed by atoms with Crippen molar-refractivity contribution in [1.82, 2.24) is 9.71 Å². The molecule has 0 bridgehead atoms. The number of nitrogens with zero attached hydrogens (tertiary/aromatic N) is 1. The van der Waals surface area contributed by atoms with E-state index < -0.39 is 16.1 Å². The van der Waals surface area contributed by atoms with Gasteiger partial charge in [-0.05, 0) is 88.9 Å². The van der Waals surface area contributed by atoms with Crippen molar-refractivity contribution in [2.24, 2.45) is 0 Å². The summed E-state index contributed by atoms with van der Waals surface area (Å²) in [6.45, 7) is 5.70. The molecule has 3 nitrogen and oxygen atoms in total. The molecule has 1 N–H and O–H groups in total. The molecule has 2 rings (SSSR count). The molecular weight excluding hydrogens is 459 g/mol. The summed E-state index contributed by atoms with van der Waals surface area (Å²) in [6, 6.07) is 9.81. The lowest BCUT2D eigenvalue weighted by Gasteiger charge is -2.28. The fourth-order valence-electron chi connectivity index (χ4n) is 2.08. The zero-order valence-corrected chi connectivity index (χ0v) is 17.6. The first kappa shape index (κ1) is 19.8. The van der Waals surface area contributed by atoms with E-state index in [2.05, 4.69) is 41.6 Å². The largest absolute Gasteiger partial charge is 0.598 e. The average Bonchev–Trinajstić information content (AvgIpc) is 2.48. The molecule has 0 radical (unpaired) electrons. The summed E-state index contributed by atoms with van der Waals surface area (Å²) in [6.07, 6.45) is 0.474. The van der Waals surface area contributed by atoms with Crippen LogP contribution in [0.1, 0.15) is 38.1 Å². The second-order valence-corrected chi connectivity index (χ2v) is 10.1. The van der Waals surface area contributed by atoms with Gasteiger partial charge in [0.05, 0.1) is 11.7 Å². The third-order valence-corrected chi connectivity index (χ3v) is 6.03. The topological polar surface area (TPSA) is 48.0 Å². The van der Waals surface area contributed by atoms with E-state index in [4.69, 9.17) is 0 Å².